The zero-order valence-corrected chi connectivity index (χ0v) is 18.8. The topological polar surface area (TPSA) is 69.7 Å². The number of carbonyl (C=O) groups is 1. The van der Waals surface area contributed by atoms with Gasteiger partial charge in [0.1, 0.15) is 0 Å². The summed E-state index contributed by atoms with van der Waals surface area (Å²) in [6.07, 6.45) is 4.35. The quantitative estimate of drug-likeness (QED) is 0.686. The summed E-state index contributed by atoms with van der Waals surface area (Å²) >= 11 is 0. The lowest BCUT2D eigenvalue weighted by molar-refractivity contribution is -0.116. The molecule has 162 valence electrons. The molecule has 0 aromatic heterocycles. The third kappa shape index (κ3) is 5.98. The van der Waals surface area contributed by atoms with Crippen molar-refractivity contribution in [3.05, 3.63) is 53.6 Å². The van der Waals surface area contributed by atoms with Crippen LogP contribution in [0.4, 0.5) is 17.1 Å². The van der Waals surface area contributed by atoms with E-state index >= 15 is 0 Å². The first kappa shape index (κ1) is 22.2. The summed E-state index contributed by atoms with van der Waals surface area (Å²) < 4.78 is 25.9. The average Bonchev–Trinajstić information content (AvgIpc) is 3.18. The second-order valence-corrected chi connectivity index (χ2v) is 9.98. The molecule has 7 heteroatoms. The molecule has 0 saturated carbocycles. The molecular formula is C23H31N3O3S. The predicted molar refractivity (Wildman–Crippen MR) is 124 cm³/mol. The summed E-state index contributed by atoms with van der Waals surface area (Å²) in [5.74, 6) is -0.113. The molecule has 1 heterocycles. The fraction of sp³-hybridized carbons (Fsp3) is 0.435. The minimum absolute atomic E-state index is 0.113. The van der Waals surface area contributed by atoms with Gasteiger partial charge in [-0.1, -0.05) is 6.07 Å². The van der Waals surface area contributed by atoms with Crippen molar-refractivity contribution in [2.24, 2.45) is 0 Å². The van der Waals surface area contributed by atoms with Crippen LogP contribution in [0.5, 0.6) is 0 Å². The first-order chi connectivity index (χ1) is 14.2. The van der Waals surface area contributed by atoms with Crippen LogP contribution in [0.3, 0.4) is 0 Å². The number of sulfonamides is 1. The van der Waals surface area contributed by atoms with Crippen LogP contribution in [-0.2, 0) is 14.8 Å². The van der Waals surface area contributed by atoms with Gasteiger partial charge in [0, 0.05) is 37.4 Å². The molecule has 6 nitrogen and oxygen atoms in total. The van der Waals surface area contributed by atoms with Gasteiger partial charge in [0.15, 0.2) is 0 Å². The maximum atomic E-state index is 12.3. The van der Waals surface area contributed by atoms with E-state index in [0.29, 0.717) is 12.1 Å². The molecule has 0 atom stereocenters. The molecule has 2 aromatic carbocycles. The summed E-state index contributed by atoms with van der Waals surface area (Å²) in [6.45, 7) is 6.33. The van der Waals surface area contributed by atoms with Crippen LogP contribution in [0, 0.1) is 13.8 Å². The van der Waals surface area contributed by atoms with E-state index in [2.05, 4.69) is 10.2 Å². The molecule has 2 aromatic rings. The van der Waals surface area contributed by atoms with Crippen molar-refractivity contribution < 1.29 is 13.2 Å². The van der Waals surface area contributed by atoms with E-state index in [0.717, 1.165) is 29.9 Å². The maximum absolute atomic E-state index is 12.3. The highest BCUT2D eigenvalue weighted by atomic mass is 32.2. The first-order valence-electron chi connectivity index (χ1n) is 10.4. The molecule has 1 N–H and O–H groups in total. The number of nitrogens with one attached hydrogen (secondary N) is 1. The Kier molecular flexibility index (Phi) is 7.02. The Hall–Kier alpha value is -2.54. The lowest BCUT2D eigenvalue weighted by atomic mass is 10.1. The fourth-order valence-corrected chi connectivity index (χ4v) is 4.87. The van der Waals surface area contributed by atoms with Gasteiger partial charge in [-0.25, -0.2) is 8.42 Å². The van der Waals surface area contributed by atoms with Gasteiger partial charge in [-0.2, -0.15) is 0 Å². The largest absolute Gasteiger partial charge is 0.372 e. The second kappa shape index (κ2) is 9.51. The van der Waals surface area contributed by atoms with Crippen molar-refractivity contribution in [2.75, 3.05) is 40.4 Å². The van der Waals surface area contributed by atoms with Crippen molar-refractivity contribution in [3.8, 4) is 0 Å². The van der Waals surface area contributed by atoms with Crippen molar-refractivity contribution in [1.82, 2.24) is 0 Å². The van der Waals surface area contributed by atoms with Crippen molar-refractivity contribution in [2.45, 2.75) is 39.5 Å². The molecule has 1 fully saturated rings. The van der Waals surface area contributed by atoms with Crippen LogP contribution >= 0.6 is 0 Å². The Bertz CT molecular complexity index is 961. The minimum Gasteiger partial charge on any atom is -0.372 e. The molecule has 30 heavy (non-hydrogen) atoms. The van der Waals surface area contributed by atoms with Gasteiger partial charge >= 0.3 is 0 Å². The van der Waals surface area contributed by atoms with Gasteiger partial charge in [-0.15, -0.1) is 0 Å². The van der Waals surface area contributed by atoms with Gasteiger partial charge < -0.3 is 10.2 Å². The predicted octanol–water partition coefficient (Wildman–Crippen LogP) is 4.09. The van der Waals surface area contributed by atoms with Crippen molar-refractivity contribution in [3.63, 3.8) is 0 Å². The van der Waals surface area contributed by atoms with Crippen LogP contribution < -0.4 is 14.5 Å². The Morgan fingerprint density at radius 2 is 1.63 bits per heavy atom. The van der Waals surface area contributed by atoms with Crippen molar-refractivity contribution in [1.29, 1.82) is 0 Å². The number of carbonyl (C=O) groups excluding carboxylic acids is 1. The van der Waals surface area contributed by atoms with E-state index in [1.807, 2.05) is 56.3 Å². The molecule has 0 spiro atoms. The molecule has 0 bridgehead atoms. The molecular weight excluding hydrogens is 398 g/mol. The molecule has 3 rings (SSSR count). The molecule has 0 unspecified atom stereocenters. The zero-order chi connectivity index (χ0) is 21.7. The second-order valence-electron chi connectivity index (χ2n) is 8.07. The number of benzene rings is 2. The summed E-state index contributed by atoms with van der Waals surface area (Å²) in [5, 5.41) is 2.90. The molecule has 1 aliphatic heterocycles. The standard InChI is InChI=1S/C23H31N3O3S/c1-18-15-19(2)17-22(16-18)26(30(3,28)29)14-6-7-23(27)24-20-8-10-21(11-9-20)25-12-4-5-13-25/h8-11,15-17H,4-7,12-14H2,1-3H3,(H,24,27). The Morgan fingerprint density at radius 3 is 2.20 bits per heavy atom. The number of nitrogens with zero attached hydrogens (tertiary/aromatic N) is 2. The average molecular weight is 430 g/mol. The third-order valence-electron chi connectivity index (χ3n) is 5.28. The number of hydrogen-bond acceptors (Lipinski definition) is 4. The van der Waals surface area contributed by atoms with Crippen LogP contribution in [0.2, 0.25) is 0 Å². The summed E-state index contributed by atoms with van der Waals surface area (Å²) in [5.41, 5.74) is 4.61. The van der Waals surface area contributed by atoms with E-state index in [9.17, 15) is 13.2 Å². The Morgan fingerprint density at radius 1 is 1.03 bits per heavy atom. The lowest BCUT2D eigenvalue weighted by Gasteiger charge is -2.23. The molecule has 0 radical (unpaired) electrons. The number of anilines is 3. The van der Waals surface area contributed by atoms with E-state index in [1.165, 1.54) is 29.1 Å². The van der Waals surface area contributed by atoms with Gasteiger partial charge in [-0.3, -0.25) is 9.10 Å². The number of amides is 1. The highest BCUT2D eigenvalue weighted by molar-refractivity contribution is 7.92. The zero-order valence-electron chi connectivity index (χ0n) is 18.0. The van der Waals surface area contributed by atoms with Gasteiger partial charge in [0.25, 0.3) is 0 Å². The van der Waals surface area contributed by atoms with Crippen LogP contribution in [0.25, 0.3) is 0 Å². The summed E-state index contributed by atoms with van der Waals surface area (Å²) in [6, 6.07) is 13.6. The van der Waals surface area contributed by atoms with Gasteiger partial charge in [0.05, 0.1) is 11.9 Å². The number of rotatable bonds is 8. The SMILES string of the molecule is Cc1cc(C)cc(N(CCCC(=O)Nc2ccc(N3CCCC3)cc2)S(C)(=O)=O)c1. The number of hydrogen-bond donors (Lipinski definition) is 1. The van der Waals surface area contributed by atoms with Crippen LogP contribution in [-0.4, -0.2) is 40.2 Å². The fourth-order valence-electron chi connectivity index (χ4n) is 3.92. The van der Waals surface area contributed by atoms with Crippen molar-refractivity contribution >= 4 is 33.0 Å². The maximum Gasteiger partial charge on any atom is 0.232 e. The monoisotopic (exact) mass is 429 g/mol. The highest BCUT2D eigenvalue weighted by Gasteiger charge is 2.18. The first-order valence-corrected chi connectivity index (χ1v) is 12.3. The molecule has 0 aliphatic carbocycles. The highest BCUT2D eigenvalue weighted by Crippen LogP contribution is 2.23. The molecule has 1 aliphatic rings. The molecule has 1 saturated heterocycles. The normalized spacial score (nSPS) is 14.0. The smallest absolute Gasteiger partial charge is 0.232 e. The summed E-state index contributed by atoms with van der Waals surface area (Å²) in [7, 11) is -3.42. The third-order valence-corrected chi connectivity index (χ3v) is 6.48. The molecule has 1 amide bonds. The van der Waals surface area contributed by atoms with E-state index < -0.39 is 10.0 Å². The Labute approximate surface area is 179 Å². The minimum atomic E-state index is -3.42. The van der Waals surface area contributed by atoms with E-state index in [4.69, 9.17) is 0 Å². The van der Waals surface area contributed by atoms with Gasteiger partial charge in [-0.05, 0) is 80.6 Å². The lowest BCUT2D eigenvalue weighted by Crippen LogP contribution is -2.31. The van der Waals surface area contributed by atoms with Crippen LogP contribution in [0.1, 0.15) is 36.8 Å². The number of aryl methyl sites for hydroxylation is 2. The van der Waals surface area contributed by atoms with E-state index in [-0.39, 0.29) is 18.9 Å². The van der Waals surface area contributed by atoms with Gasteiger partial charge in [0.2, 0.25) is 15.9 Å². The Balaban J connectivity index is 1.55. The summed E-state index contributed by atoms with van der Waals surface area (Å²) in [4.78, 5) is 14.7. The van der Waals surface area contributed by atoms with Crippen LogP contribution in [0.15, 0.2) is 42.5 Å². The van der Waals surface area contributed by atoms with E-state index in [1.54, 1.807) is 0 Å².